The molecule has 0 saturated heterocycles. The second-order valence-electron chi connectivity index (χ2n) is 4.68. The average Bonchev–Trinajstić information content (AvgIpc) is 2.47. The van der Waals surface area contributed by atoms with E-state index in [0.29, 0.717) is 5.56 Å². The molecule has 0 saturated carbocycles. The van der Waals surface area contributed by atoms with E-state index in [9.17, 15) is 26.3 Å². The largest absolute Gasteiger partial charge is 0.416 e. The summed E-state index contributed by atoms with van der Waals surface area (Å²) in [4.78, 5) is 0. The summed E-state index contributed by atoms with van der Waals surface area (Å²) in [5.41, 5.74) is 0.877. The molecular formula is C15H9ClF6N2. The molecule has 0 amide bonds. The molecule has 0 aliphatic rings. The first-order valence-electron chi connectivity index (χ1n) is 6.40. The van der Waals surface area contributed by atoms with Crippen LogP contribution in [0.3, 0.4) is 0 Å². The van der Waals surface area contributed by atoms with Gasteiger partial charge in [-0.1, -0.05) is 23.7 Å². The molecule has 2 nitrogen and oxygen atoms in total. The topological polar surface area (TPSA) is 24.4 Å². The van der Waals surface area contributed by atoms with Gasteiger partial charge in [0.1, 0.15) is 0 Å². The van der Waals surface area contributed by atoms with Crippen molar-refractivity contribution in [3.63, 3.8) is 0 Å². The number of hydrogen-bond acceptors (Lipinski definition) is 2. The number of alkyl halides is 6. The Labute approximate surface area is 137 Å². The minimum absolute atomic E-state index is 0.0209. The molecule has 0 fully saturated rings. The first-order chi connectivity index (χ1) is 11.1. The van der Waals surface area contributed by atoms with Gasteiger partial charge in [-0.25, -0.2) is 0 Å². The summed E-state index contributed by atoms with van der Waals surface area (Å²) in [5.74, 6) is 0. The van der Waals surface area contributed by atoms with Gasteiger partial charge in [0.25, 0.3) is 0 Å². The van der Waals surface area contributed by atoms with Crippen LogP contribution in [0, 0.1) is 0 Å². The van der Waals surface area contributed by atoms with Crippen molar-refractivity contribution in [2.75, 3.05) is 5.43 Å². The molecule has 0 aliphatic carbocycles. The van der Waals surface area contributed by atoms with E-state index in [-0.39, 0.29) is 10.7 Å². The molecule has 0 bridgehead atoms. The SMILES string of the molecule is FC(F)(F)c1ccc(/C=N\Nc2cc(C(F)(F)F)ccc2Cl)cc1. The standard InChI is InChI=1S/C15H9ClF6N2/c16-12-6-5-11(15(20,21)22)7-13(12)24-23-8-9-1-3-10(4-2-9)14(17,18)19/h1-8,24H/b23-8-. The van der Waals surface area contributed by atoms with Crippen LogP contribution >= 0.6 is 11.6 Å². The maximum Gasteiger partial charge on any atom is 0.416 e. The van der Waals surface area contributed by atoms with Crippen LogP contribution < -0.4 is 5.43 Å². The molecule has 0 radical (unpaired) electrons. The molecule has 2 aromatic carbocycles. The maximum absolute atomic E-state index is 12.6. The Bertz CT molecular complexity index is 735. The molecule has 0 spiro atoms. The van der Waals surface area contributed by atoms with E-state index in [1.54, 1.807) is 0 Å². The van der Waals surface area contributed by atoms with E-state index in [4.69, 9.17) is 11.6 Å². The molecule has 0 heterocycles. The minimum Gasteiger partial charge on any atom is -0.277 e. The van der Waals surface area contributed by atoms with Gasteiger partial charge >= 0.3 is 12.4 Å². The predicted molar refractivity (Wildman–Crippen MR) is 79.1 cm³/mol. The zero-order valence-corrected chi connectivity index (χ0v) is 12.5. The third-order valence-electron chi connectivity index (χ3n) is 2.93. The highest BCUT2D eigenvalue weighted by molar-refractivity contribution is 6.33. The second-order valence-corrected chi connectivity index (χ2v) is 5.09. The monoisotopic (exact) mass is 366 g/mol. The van der Waals surface area contributed by atoms with Crippen LogP contribution in [0.25, 0.3) is 0 Å². The number of rotatable bonds is 3. The molecule has 0 unspecified atom stereocenters. The fourth-order valence-corrected chi connectivity index (χ4v) is 1.88. The third kappa shape index (κ3) is 4.64. The number of anilines is 1. The molecule has 0 aliphatic heterocycles. The number of nitrogens with one attached hydrogen (secondary N) is 1. The molecule has 2 aromatic rings. The van der Waals surface area contributed by atoms with E-state index >= 15 is 0 Å². The number of nitrogens with zero attached hydrogens (tertiary/aromatic N) is 1. The van der Waals surface area contributed by atoms with Gasteiger partial charge in [0.15, 0.2) is 0 Å². The molecule has 1 N–H and O–H groups in total. The summed E-state index contributed by atoms with van der Waals surface area (Å²) in [6.07, 6.45) is -7.81. The van der Waals surface area contributed by atoms with Crippen LogP contribution in [0.15, 0.2) is 47.6 Å². The second kappa shape index (κ2) is 6.72. The van der Waals surface area contributed by atoms with E-state index in [1.807, 2.05) is 0 Å². The Kier molecular flexibility index (Phi) is 5.08. The lowest BCUT2D eigenvalue weighted by molar-refractivity contribution is -0.138. The van der Waals surface area contributed by atoms with Gasteiger partial charge in [0.05, 0.1) is 28.1 Å². The lowest BCUT2D eigenvalue weighted by atomic mass is 10.1. The zero-order chi connectivity index (χ0) is 18.0. The molecule has 24 heavy (non-hydrogen) atoms. The fraction of sp³-hybridized carbons (Fsp3) is 0.133. The van der Waals surface area contributed by atoms with E-state index in [2.05, 4.69) is 10.5 Å². The lowest BCUT2D eigenvalue weighted by Crippen LogP contribution is -2.05. The van der Waals surface area contributed by atoms with Crippen molar-refractivity contribution in [2.24, 2.45) is 5.10 Å². The van der Waals surface area contributed by atoms with Crippen molar-refractivity contribution in [1.82, 2.24) is 0 Å². The van der Waals surface area contributed by atoms with Crippen molar-refractivity contribution < 1.29 is 26.3 Å². The number of hydrogen-bond donors (Lipinski definition) is 1. The summed E-state index contributed by atoms with van der Waals surface area (Å²) in [6, 6.07) is 6.79. The van der Waals surface area contributed by atoms with E-state index in [0.717, 1.165) is 36.5 Å². The Balaban J connectivity index is 2.12. The summed E-state index contributed by atoms with van der Waals surface area (Å²) in [7, 11) is 0. The van der Waals surface area contributed by atoms with Crippen LogP contribution in [-0.4, -0.2) is 6.21 Å². The van der Waals surface area contributed by atoms with Crippen molar-refractivity contribution in [3.8, 4) is 0 Å². The van der Waals surface area contributed by atoms with Crippen molar-refractivity contribution in [2.45, 2.75) is 12.4 Å². The number of hydrazone groups is 1. The third-order valence-corrected chi connectivity index (χ3v) is 3.26. The van der Waals surface area contributed by atoms with Crippen molar-refractivity contribution in [3.05, 3.63) is 64.2 Å². The first-order valence-corrected chi connectivity index (χ1v) is 6.78. The molecule has 0 atom stereocenters. The molecule has 0 aromatic heterocycles. The quantitative estimate of drug-likeness (QED) is 0.413. The average molecular weight is 367 g/mol. The van der Waals surface area contributed by atoms with Crippen molar-refractivity contribution >= 4 is 23.5 Å². The van der Waals surface area contributed by atoms with Crippen LogP contribution in [0.1, 0.15) is 16.7 Å². The van der Waals surface area contributed by atoms with Crippen LogP contribution in [0.2, 0.25) is 5.02 Å². The molecule has 128 valence electrons. The highest BCUT2D eigenvalue weighted by atomic mass is 35.5. The first kappa shape index (κ1) is 18.1. The van der Waals surface area contributed by atoms with Gasteiger partial charge in [-0.3, -0.25) is 5.43 Å². The van der Waals surface area contributed by atoms with Gasteiger partial charge in [0, 0.05) is 0 Å². The number of benzene rings is 2. The Morgan fingerprint density at radius 3 is 1.92 bits per heavy atom. The maximum atomic E-state index is 12.6. The Morgan fingerprint density at radius 2 is 1.38 bits per heavy atom. The normalized spacial score (nSPS) is 12.6. The van der Waals surface area contributed by atoms with Gasteiger partial charge in [0.2, 0.25) is 0 Å². The molecule has 2 rings (SSSR count). The highest BCUT2D eigenvalue weighted by Gasteiger charge is 2.31. The Morgan fingerprint density at radius 1 is 0.833 bits per heavy atom. The molecular weight excluding hydrogens is 358 g/mol. The van der Waals surface area contributed by atoms with Gasteiger partial charge < -0.3 is 0 Å². The van der Waals surface area contributed by atoms with E-state index < -0.39 is 23.5 Å². The zero-order valence-electron chi connectivity index (χ0n) is 11.7. The highest BCUT2D eigenvalue weighted by Crippen LogP contribution is 2.33. The summed E-state index contributed by atoms with van der Waals surface area (Å²) in [5, 5.41) is 3.70. The van der Waals surface area contributed by atoms with Gasteiger partial charge in [-0.2, -0.15) is 31.4 Å². The smallest absolute Gasteiger partial charge is 0.277 e. The molecule has 9 heteroatoms. The van der Waals surface area contributed by atoms with Crippen LogP contribution in [-0.2, 0) is 12.4 Å². The minimum atomic E-state index is -4.53. The fourth-order valence-electron chi connectivity index (χ4n) is 1.72. The summed E-state index contributed by atoms with van der Waals surface area (Å²) in [6.45, 7) is 0. The Hall–Kier alpha value is -2.22. The van der Waals surface area contributed by atoms with E-state index in [1.165, 1.54) is 12.1 Å². The summed E-state index contributed by atoms with van der Waals surface area (Å²) < 4.78 is 75.1. The predicted octanol–water partition coefficient (Wildman–Crippen LogP) is 5.82. The summed E-state index contributed by atoms with van der Waals surface area (Å²) >= 11 is 5.77. The van der Waals surface area contributed by atoms with Crippen molar-refractivity contribution in [1.29, 1.82) is 0 Å². The van der Waals surface area contributed by atoms with Crippen LogP contribution in [0.5, 0.6) is 0 Å². The van der Waals surface area contributed by atoms with Crippen LogP contribution in [0.4, 0.5) is 32.0 Å². The van der Waals surface area contributed by atoms with Gasteiger partial charge in [-0.05, 0) is 35.9 Å². The van der Waals surface area contributed by atoms with Gasteiger partial charge in [-0.15, -0.1) is 0 Å². The number of halogens is 7. The lowest BCUT2D eigenvalue weighted by Gasteiger charge is -2.10.